The third-order valence-corrected chi connectivity index (χ3v) is 5.16. The maximum absolute atomic E-state index is 12.8. The lowest BCUT2D eigenvalue weighted by Gasteiger charge is -2.28. The monoisotopic (exact) mass is 359 g/mol. The molecule has 0 N–H and O–H groups in total. The van der Waals surface area contributed by atoms with E-state index in [4.69, 9.17) is 5.10 Å². The fraction of sp³-hybridized carbons (Fsp3) is 0.350. The standard InChI is InChI=1S/C20H20F3N3/c1-25-12-10-14(11-13-25)19-17-4-2-3-5-18(17)26(24-19)16-8-6-15(7-9-16)20(21,22)23/h2-9,14H,10-13H2,1H3. The zero-order chi connectivity index (χ0) is 18.3. The van der Waals surface area contributed by atoms with Crippen LogP contribution in [0.2, 0.25) is 0 Å². The van der Waals surface area contributed by atoms with E-state index in [1.807, 2.05) is 18.2 Å². The van der Waals surface area contributed by atoms with Crippen LogP contribution in [0.5, 0.6) is 0 Å². The quantitative estimate of drug-likeness (QED) is 0.652. The molecule has 3 nitrogen and oxygen atoms in total. The SMILES string of the molecule is CN1CCC(c2nn(-c3ccc(C(F)(F)F)cc3)c3ccccc23)CC1. The number of halogens is 3. The molecule has 26 heavy (non-hydrogen) atoms. The Balaban J connectivity index is 1.76. The average molecular weight is 359 g/mol. The number of benzene rings is 2. The average Bonchev–Trinajstić information content (AvgIpc) is 3.01. The highest BCUT2D eigenvalue weighted by Gasteiger charge is 2.30. The van der Waals surface area contributed by atoms with Crippen LogP contribution in [0.15, 0.2) is 48.5 Å². The number of para-hydroxylation sites is 1. The summed E-state index contributed by atoms with van der Waals surface area (Å²) in [6, 6.07) is 13.1. The van der Waals surface area contributed by atoms with Gasteiger partial charge < -0.3 is 4.90 Å². The summed E-state index contributed by atoms with van der Waals surface area (Å²) in [5.74, 6) is 0.381. The van der Waals surface area contributed by atoms with Gasteiger partial charge in [0.25, 0.3) is 0 Å². The van der Waals surface area contributed by atoms with Crippen molar-refractivity contribution in [1.82, 2.24) is 14.7 Å². The molecule has 0 unspecified atom stereocenters. The van der Waals surface area contributed by atoms with Crippen molar-refractivity contribution in [3.05, 3.63) is 59.8 Å². The molecule has 0 atom stereocenters. The molecular weight excluding hydrogens is 339 g/mol. The summed E-state index contributed by atoms with van der Waals surface area (Å²) < 4.78 is 40.2. The Bertz CT molecular complexity index is 904. The molecule has 0 amide bonds. The van der Waals surface area contributed by atoms with Crippen LogP contribution in [0, 0.1) is 0 Å². The number of fused-ring (bicyclic) bond motifs is 1. The highest BCUT2D eigenvalue weighted by Crippen LogP contribution is 2.34. The van der Waals surface area contributed by atoms with Crippen LogP contribution in [0.3, 0.4) is 0 Å². The summed E-state index contributed by atoms with van der Waals surface area (Å²) in [6.07, 6.45) is -2.24. The van der Waals surface area contributed by atoms with Gasteiger partial charge in [0, 0.05) is 11.3 Å². The maximum atomic E-state index is 12.8. The van der Waals surface area contributed by atoms with Gasteiger partial charge in [0.1, 0.15) is 0 Å². The minimum absolute atomic E-state index is 0.381. The van der Waals surface area contributed by atoms with E-state index in [0.29, 0.717) is 11.6 Å². The van der Waals surface area contributed by atoms with Gasteiger partial charge in [0.05, 0.1) is 22.5 Å². The van der Waals surface area contributed by atoms with Crippen molar-refractivity contribution in [1.29, 1.82) is 0 Å². The van der Waals surface area contributed by atoms with E-state index in [-0.39, 0.29) is 0 Å². The minimum Gasteiger partial charge on any atom is -0.306 e. The lowest BCUT2D eigenvalue weighted by atomic mass is 9.92. The second-order valence-electron chi connectivity index (χ2n) is 6.94. The van der Waals surface area contributed by atoms with Crippen LogP contribution < -0.4 is 0 Å². The molecule has 0 spiro atoms. The third kappa shape index (κ3) is 3.09. The molecule has 4 rings (SSSR count). The summed E-state index contributed by atoms with van der Waals surface area (Å²) in [6.45, 7) is 2.07. The van der Waals surface area contributed by atoms with Gasteiger partial charge in [-0.2, -0.15) is 18.3 Å². The molecule has 1 saturated heterocycles. The first-order valence-electron chi connectivity index (χ1n) is 8.77. The summed E-state index contributed by atoms with van der Waals surface area (Å²) in [5.41, 5.74) is 1.98. The largest absolute Gasteiger partial charge is 0.416 e. The molecule has 1 fully saturated rings. The van der Waals surface area contributed by atoms with E-state index in [2.05, 4.69) is 18.0 Å². The van der Waals surface area contributed by atoms with Gasteiger partial charge >= 0.3 is 6.18 Å². The Morgan fingerprint density at radius 1 is 0.962 bits per heavy atom. The van der Waals surface area contributed by atoms with Crippen LogP contribution >= 0.6 is 0 Å². The maximum Gasteiger partial charge on any atom is 0.416 e. The molecule has 2 heterocycles. The normalized spacial score (nSPS) is 17.1. The number of piperidine rings is 1. The molecule has 3 aromatic rings. The summed E-state index contributed by atoms with van der Waals surface area (Å²) >= 11 is 0. The molecule has 1 aliphatic heterocycles. The number of hydrogen-bond donors (Lipinski definition) is 0. The van der Waals surface area contributed by atoms with Crippen molar-refractivity contribution in [2.24, 2.45) is 0 Å². The predicted molar refractivity (Wildman–Crippen MR) is 95.5 cm³/mol. The van der Waals surface area contributed by atoms with E-state index in [0.717, 1.165) is 54.7 Å². The number of aromatic nitrogens is 2. The van der Waals surface area contributed by atoms with Crippen molar-refractivity contribution in [3.8, 4) is 5.69 Å². The van der Waals surface area contributed by atoms with E-state index in [9.17, 15) is 13.2 Å². The molecule has 0 bridgehead atoms. The second kappa shape index (κ2) is 6.43. The molecule has 136 valence electrons. The van der Waals surface area contributed by atoms with Crippen LogP contribution in [0.25, 0.3) is 16.6 Å². The molecule has 0 saturated carbocycles. The van der Waals surface area contributed by atoms with Gasteiger partial charge in [0.15, 0.2) is 0 Å². The molecule has 6 heteroatoms. The van der Waals surface area contributed by atoms with Crippen LogP contribution in [0.4, 0.5) is 13.2 Å². The van der Waals surface area contributed by atoms with E-state index in [1.54, 1.807) is 4.68 Å². The molecule has 0 radical (unpaired) electrons. The van der Waals surface area contributed by atoms with Gasteiger partial charge in [-0.05, 0) is 63.3 Å². The Morgan fingerprint density at radius 2 is 1.62 bits per heavy atom. The number of alkyl halides is 3. The van der Waals surface area contributed by atoms with Crippen LogP contribution in [-0.2, 0) is 6.18 Å². The zero-order valence-electron chi connectivity index (χ0n) is 14.5. The fourth-order valence-electron chi connectivity index (χ4n) is 3.66. The van der Waals surface area contributed by atoms with E-state index < -0.39 is 11.7 Å². The van der Waals surface area contributed by atoms with Crippen molar-refractivity contribution in [2.45, 2.75) is 24.9 Å². The minimum atomic E-state index is -4.33. The number of hydrogen-bond acceptors (Lipinski definition) is 2. The van der Waals surface area contributed by atoms with Gasteiger partial charge in [-0.25, -0.2) is 4.68 Å². The number of likely N-dealkylation sites (tertiary alicyclic amines) is 1. The molecule has 0 aliphatic carbocycles. The van der Waals surface area contributed by atoms with Gasteiger partial charge in [0.2, 0.25) is 0 Å². The molecule has 1 aliphatic rings. The lowest BCUT2D eigenvalue weighted by Crippen LogP contribution is -2.29. The van der Waals surface area contributed by atoms with Gasteiger partial charge in [-0.1, -0.05) is 18.2 Å². The zero-order valence-corrected chi connectivity index (χ0v) is 14.5. The van der Waals surface area contributed by atoms with Crippen molar-refractivity contribution < 1.29 is 13.2 Å². The van der Waals surface area contributed by atoms with Gasteiger partial charge in [-0.3, -0.25) is 0 Å². The summed E-state index contributed by atoms with van der Waals surface area (Å²) in [7, 11) is 2.12. The highest BCUT2D eigenvalue weighted by molar-refractivity contribution is 5.84. The van der Waals surface area contributed by atoms with Crippen molar-refractivity contribution >= 4 is 10.9 Å². The fourth-order valence-corrected chi connectivity index (χ4v) is 3.66. The molecule has 2 aromatic carbocycles. The molecular formula is C20H20F3N3. The van der Waals surface area contributed by atoms with Crippen LogP contribution in [0.1, 0.15) is 30.0 Å². The Kier molecular flexibility index (Phi) is 4.23. The van der Waals surface area contributed by atoms with Gasteiger partial charge in [-0.15, -0.1) is 0 Å². The first kappa shape index (κ1) is 17.1. The highest BCUT2D eigenvalue weighted by atomic mass is 19.4. The Hall–Kier alpha value is -2.34. The number of nitrogens with zero attached hydrogens (tertiary/aromatic N) is 3. The van der Waals surface area contributed by atoms with Crippen molar-refractivity contribution in [2.75, 3.05) is 20.1 Å². The topological polar surface area (TPSA) is 21.1 Å². The summed E-state index contributed by atoms with van der Waals surface area (Å²) in [4.78, 5) is 2.31. The lowest BCUT2D eigenvalue weighted by molar-refractivity contribution is -0.137. The number of rotatable bonds is 2. The Labute approximate surface area is 150 Å². The smallest absolute Gasteiger partial charge is 0.306 e. The summed E-state index contributed by atoms with van der Waals surface area (Å²) in [5, 5.41) is 5.90. The molecule has 1 aromatic heterocycles. The Morgan fingerprint density at radius 3 is 2.27 bits per heavy atom. The second-order valence-corrected chi connectivity index (χ2v) is 6.94. The first-order valence-corrected chi connectivity index (χ1v) is 8.77. The van der Waals surface area contributed by atoms with E-state index >= 15 is 0 Å². The predicted octanol–water partition coefficient (Wildman–Crippen LogP) is 4.85. The van der Waals surface area contributed by atoms with E-state index in [1.165, 1.54) is 12.1 Å². The first-order chi connectivity index (χ1) is 12.4. The third-order valence-electron chi connectivity index (χ3n) is 5.16. The van der Waals surface area contributed by atoms with Crippen molar-refractivity contribution in [3.63, 3.8) is 0 Å². The van der Waals surface area contributed by atoms with Crippen LogP contribution in [-0.4, -0.2) is 34.8 Å².